The molecule has 0 aliphatic carbocycles. The third-order valence-corrected chi connectivity index (χ3v) is 8.10. The van der Waals surface area contributed by atoms with Crippen LogP contribution in [0.4, 0.5) is 10.1 Å². The summed E-state index contributed by atoms with van der Waals surface area (Å²) in [5.41, 5.74) is 1.81. The van der Waals surface area contributed by atoms with Crippen LogP contribution in [0.2, 0.25) is 0 Å². The number of benzene rings is 4. The van der Waals surface area contributed by atoms with E-state index in [1.807, 2.05) is 105 Å². The van der Waals surface area contributed by atoms with E-state index >= 15 is 0 Å². The van der Waals surface area contributed by atoms with Crippen molar-refractivity contribution in [2.45, 2.75) is 44.3 Å². The monoisotopic (exact) mass is 675 g/mol. The highest BCUT2D eigenvalue weighted by molar-refractivity contribution is 6.40. The third kappa shape index (κ3) is 8.55. The quantitative estimate of drug-likeness (QED) is 0.0576. The number of amides is 2. The van der Waals surface area contributed by atoms with Gasteiger partial charge in [0.2, 0.25) is 0 Å². The number of para-hydroxylation sites is 1. The van der Waals surface area contributed by atoms with E-state index in [4.69, 9.17) is 4.74 Å². The lowest BCUT2D eigenvalue weighted by Gasteiger charge is -2.39. The lowest BCUT2D eigenvalue weighted by atomic mass is 9.76. The molecule has 50 heavy (non-hydrogen) atoms. The maximum absolute atomic E-state index is 14.2. The molecular weight excluding hydrogens is 637 g/mol. The molecule has 0 radical (unpaired) electrons. The lowest BCUT2D eigenvalue weighted by molar-refractivity contribution is -0.164. The fraction of sp³-hybridized carbons (Fsp3) is 0.205. The summed E-state index contributed by atoms with van der Waals surface area (Å²) in [6, 6.07) is 31.8. The first kappa shape index (κ1) is 35.4. The lowest BCUT2D eigenvalue weighted by Crippen LogP contribution is -2.55. The second-order valence-electron chi connectivity index (χ2n) is 12.2. The van der Waals surface area contributed by atoms with E-state index < -0.39 is 47.2 Å². The fourth-order valence-electron chi connectivity index (χ4n) is 5.78. The number of aromatic nitrogens is 2. The number of hydrogen-bond donors (Lipinski definition) is 4. The minimum atomic E-state index is -1.35. The van der Waals surface area contributed by atoms with E-state index in [2.05, 4.69) is 25.9 Å². The molecule has 11 heteroatoms. The Morgan fingerprint density at radius 1 is 0.740 bits per heavy atom. The summed E-state index contributed by atoms with van der Waals surface area (Å²) in [5, 5.41) is 8.14. The number of carbonyl (C=O) groups is 4. The highest BCUT2D eigenvalue weighted by Gasteiger charge is 2.41. The largest absolute Gasteiger partial charge is 0.390 e. The van der Waals surface area contributed by atoms with Crippen molar-refractivity contribution in [3.05, 3.63) is 156 Å². The number of anilines is 1. The van der Waals surface area contributed by atoms with Crippen LogP contribution in [0.1, 0.15) is 42.7 Å². The molecule has 256 valence electrons. The van der Waals surface area contributed by atoms with Crippen molar-refractivity contribution in [2.75, 3.05) is 5.32 Å². The van der Waals surface area contributed by atoms with E-state index in [1.165, 1.54) is 24.5 Å². The van der Waals surface area contributed by atoms with Crippen molar-refractivity contribution in [1.29, 1.82) is 0 Å². The van der Waals surface area contributed by atoms with Gasteiger partial charge in [-0.2, -0.15) is 0 Å². The molecule has 5 rings (SSSR count). The second kappa shape index (κ2) is 16.4. The SMILES string of the molecule is CC(C)C[C@@H](NC(=O)C(=O)Nc1ccccc1F)C(=O)OC(=O)[C@@H](Cc1cnc[nH]1)NC(c1ccccc1)(c1ccccc1)c1ccccc1. The zero-order chi connectivity index (χ0) is 35.5. The molecule has 4 N–H and O–H groups in total. The van der Waals surface area contributed by atoms with Crippen molar-refractivity contribution < 1.29 is 28.3 Å². The summed E-state index contributed by atoms with van der Waals surface area (Å²) < 4.78 is 19.6. The van der Waals surface area contributed by atoms with Crippen LogP contribution >= 0.6 is 0 Å². The molecule has 0 spiro atoms. The van der Waals surface area contributed by atoms with E-state index in [9.17, 15) is 23.6 Å². The number of carbonyl (C=O) groups excluding carboxylic acids is 4. The zero-order valence-electron chi connectivity index (χ0n) is 27.6. The molecule has 0 aliphatic heterocycles. The predicted molar refractivity (Wildman–Crippen MR) is 186 cm³/mol. The van der Waals surface area contributed by atoms with Gasteiger partial charge in [0.25, 0.3) is 0 Å². The van der Waals surface area contributed by atoms with Crippen LogP contribution in [-0.4, -0.2) is 45.8 Å². The van der Waals surface area contributed by atoms with Gasteiger partial charge in [0.15, 0.2) is 0 Å². The fourth-order valence-corrected chi connectivity index (χ4v) is 5.78. The number of esters is 2. The van der Waals surface area contributed by atoms with Crippen LogP contribution < -0.4 is 16.0 Å². The molecule has 1 heterocycles. The van der Waals surface area contributed by atoms with Gasteiger partial charge < -0.3 is 20.4 Å². The molecule has 0 unspecified atom stereocenters. The maximum atomic E-state index is 14.2. The van der Waals surface area contributed by atoms with Gasteiger partial charge in [0, 0.05) is 18.3 Å². The number of aromatic amines is 1. The standard InChI is InChI=1S/C39H38FN5O5/c1-26(2)22-33(44-36(47)35(46)43-32-21-13-12-20-31(32)40)37(48)50-38(49)34(23-30-24-41-25-42-30)45-39(27-14-6-3-7-15-27,28-16-8-4-9-17-28)29-18-10-5-11-19-29/h3-21,24-26,33-34,45H,22-23H2,1-2H3,(H,41,42)(H,43,46)(H,44,47)/t33-,34-/m1/s1. The molecular formula is C39H38FN5O5. The van der Waals surface area contributed by atoms with E-state index in [-0.39, 0.29) is 24.4 Å². The summed E-state index contributed by atoms with van der Waals surface area (Å²) in [7, 11) is 0. The smallest absolute Gasteiger partial charge is 0.336 e. The molecule has 0 fully saturated rings. The number of nitrogens with zero attached hydrogens (tertiary/aromatic N) is 1. The summed E-state index contributed by atoms with van der Waals surface area (Å²) in [4.78, 5) is 60.5. The van der Waals surface area contributed by atoms with Crippen molar-refractivity contribution in [1.82, 2.24) is 20.6 Å². The Bertz CT molecular complexity index is 1790. The molecule has 2 atom stereocenters. The Kier molecular flexibility index (Phi) is 11.6. The van der Waals surface area contributed by atoms with Crippen LogP contribution in [0, 0.1) is 11.7 Å². The van der Waals surface area contributed by atoms with Gasteiger partial charge in [-0.05, 0) is 41.2 Å². The van der Waals surface area contributed by atoms with Gasteiger partial charge in [0.1, 0.15) is 17.9 Å². The Hall–Kier alpha value is -5.94. The second-order valence-corrected chi connectivity index (χ2v) is 12.2. The van der Waals surface area contributed by atoms with E-state index in [0.29, 0.717) is 5.69 Å². The number of rotatable bonds is 13. The van der Waals surface area contributed by atoms with E-state index in [0.717, 1.165) is 22.8 Å². The Labute approximate surface area is 289 Å². The number of nitrogens with one attached hydrogen (secondary N) is 4. The summed E-state index contributed by atoms with van der Waals surface area (Å²) >= 11 is 0. The highest BCUT2D eigenvalue weighted by atomic mass is 19.1. The van der Waals surface area contributed by atoms with Gasteiger partial charge >= 0.3 is 23.8 Å². The maximum Gasteiger partial charge on any atom is 0.336 e. The van der Waals surface area contributed by atoms with Crippen molar-refractivity contribution >= 4 is 29.4 Å². The molecule has 10 nitrogen and oxygen atoms in total. The average molecular weight is 676 g/mol. The first-order chi connectivity index (χ1) is 24.2. The first-order valence-electron chi connectivity index (χ1n) is 16.2. The van der Waals surface area contributed by atoms with Crippen LogP contribution in [0.25, 0.3) is 0 Å². The Morgan fingerprint density at radius 3 is 1.76 bits per heavy atom. The summed E-state index contributed by atoms with van der Waals surface area (Å²) in [6.07, 6.45) is 3.19. The summed E-state index contributed by atoms with van der Waals surface area (Å²) in [6.45, 7) is 3.62. The van der Waals surface area contributed by atoms with Crippen molar-refractivity contribution in [2.24, 2.45) is 5.92 Å². The number of halogens is 1. The van der Waals surface area contributed by atoms with Gasteiger partial charge in [-0.15, -0.1) is 0 Å². The van der Waals surface area contributed by atoms with Crippen LogP contribution in [0.3, 0.4) is 0 Å². The minimum absolute atomic E-state index is 0.0610. The Balaban J connectivity index is 1.46. The molecule has 4 aromatic carbocycles. The van der Waals surface area contributed by atoms with Gasteiger partial charge in [-0.1, -0.05) is 117 Å². The van der Waals surface area contributed by atoms with Crippen molar-refractivity contribution in [3.63, 3.8) is 0 Å². The molecule has 1 aromatic heterocycles. The van der Waals surface area contributed by atoms with Gasteiger partial charge in [-0.3, -0.25) is 14.9 Å². The number of imidazole rings is 1. The van der Waals surface area contributed by atoms with Crippen LogP contribution in [-0.2, 0) is 35.9 Å². The topological polar surface area (TPSA) is 142 Å². The normalized spacial score (nSPS) is 12.5. The molecule has 2 amide bonds. The molecule has 5 aromatic rings. The molecule has 0 saturated heterocycles. The van der Waals surface area contributed by atoms with Gasteiger partial charge in [0.05, 0.1) is 17.6 Å². The summed E-state index contributed by atoms with van der Waals surface area (Å²) in [5.74, 6) is -5.19. The Morgan fingerprint density at radius 2 is 1.26 bits per heavy atom. The molecule has 0 bridgehead atoms. The minimum Gasteiger partial charge on any atom is -0.390 e. The van der Waals surface area contributed by atoms with E-state index in [1.54, 1.807) is 6.20 Å². The van der Waals surface area contributed by atoms with Crippen LogP contribution in [0.15, 0.2) is 128 Å². The highest BCUT2D eigenvalue weighted by Crippen LogP contribution is 2.37. The molecule has 0 saturated carbocycles. The van der Waals surface area contributed by atoms with Gasteiger partial charge in [-0.25, -0.2) is 19.0 Å². The number of ether oxygens (including phenoxy) is 1. The zero-order valence-corrected chi connectivity index (χ0v) is 27.6. The first-order valence-corrected chi connectivity index (χ1v) is 16.2. The van der Waals surface area contributed by atoms with Crippen molar-refractivity contribution in [3.8, 4) is 0 Å². The number of hydrogen-bond acceptors (Lipinski definition) is 7. The third-order valence-electron chi connectivity index (χ3n) is 8.10. The number of H-pyrrole nitrogens is 1. The van der Waals surface area contributed by atoms with Crippen LogP contribution in [0.5, 0.6) is 0 Å². The predicted octanol–water partition coefficient (Wildman–Crippen LogP) is 5.28. The molecule has 0 aliphatic rings. The average Bonchev–Trinajstić information content (AvgIpc) is 3.65.